The number of aliphatic hydroxyl groups is 2. The lowest BCUT2D eigenvalue weighted by atomic mass is 9.80. The normalized spacial score (nSPS) is 19.9. The van der Waals surface area contributed by atoms with Gasteiger partial charge in [-0.3, -0.25) is 0 Å². The van der Waals surface area contributed by atoms with Crippen LogP contribution in [-0.4, -0.2) is 55.5 Å². The summed E-state index contributed by atoms with van der Waals surface area (Å²) in [6, 6.07) is 34.4. The van der Waals surface area contributed by atoms with E-state index in [0.29, 0.717) is 17.1 Å². The van der Waals surface area contributed by atoms with Crippen molar-refractivity contribution in [2.45, 2.75) is 36.3 Å². The van der Waals surface area contributed by atoms with Gasteiger partial charge in [0.05, 0.1) is 20.8 Å². The van der Waals surface area contributed by atoms with Crippen molar-refractivity contribution >= 4 is 0 Å². The molecular weight excluding hydrogens is 532 g/mol. The molecule has 1 heterocycles. The third-order valence-corrected chi connectivity index (χ3v) is 7.46. The van der Waals surface area contributed by atoms with Gasteiger partial charge in [0.1, 0.15) is 41.5 Å². The number of terminal acetylenes is 1. The molecule has 0 bridgehead atoms. The number of benzene rings is 4. The largest absolute Gasteiger partial charge is 0.497 e. The molecule has 0 amide bonds. The summed E-state index contributed by atoms with van der Waals surface area (Å²) in [4.78, 5) is 0. The van der Waals surface area contributed by atoms with Gasteiger partial charge < -0.3 is 33.9 Å². The summed E-state index contributed by atoms with van der Waals surface area (Å²) in [6.45, 7) is -0.160. The molecule has 0 unspecified atom stereocenters. The van der Waals surface area contributed by atoms with Crippen LogP contribution in [0.25, 0.3) is 0 Å². The monoisotopic (exact) mass is 566 g/mol. The Morgan fingerprint density at radius 1 is 0.714 bits per heavy atom. The second-order valence-corrected chi connectivity index (χ2v) is 9.94. The van der Waals surface area contributed by atoms with Crippen LogP contribution in [0.2, 0.25) is 0 Å². The van der Waals surface area contributed by atoms with Gasteiger partial charge in [0.2, 0.25) is 0 Å². The van der Waals surface area contributed by atoms with Gasteiger partial charge in [0, 0.05) is 5.56 Å². The molecule has 0 aromatic heterocycles. The van der Waals surface area contributed by atoms with E-state index in [4.69, 9.17) is 30.1 Å². The summed E-state index contributed by atoms with van der Waals surface area (Å²) in [6.07, 6.45) is 0.250. The van der Waals surface area contributed by atoms with Gasteiger partial charge in [-0.1, -0.05) is 90.8 Å². The summed E-state index contributed by atoms with van der Waals surface area (Å²) >= 11 is 0. The lowest BCUT2D eigenvalue weighted by Crippen LogP contribution is -2.45. The molecule has 0 radical (unpaired) electrons. The minimum absolute atomic E-state index is 0.160. The molecule has 2 N–H and O–H groups in total. The molecule has 4 aromatic carbocycles. The smallest absolute Gasteiger partial charge is 0.185 e. The average Bonchev–Trinajstić information content (AvgIpc) is 3.52. The molecular formula is C35H34O7. The van der Waals surface area contributed by atoms with E-state index in [1.165, 1.54) is 0 Å². The highest BCUT2D eigenvalue weighted by molar-refractivity contribution is 5.48. The van der Waals surface area contributed by atoms with Crippen molar-refractivity contribution in [2.75, 3.05) is 20.8 Å². The number of ether oxygens (including phenoxy) is 5. The minimum atomic E-state index is -1.30. The van der Waals surface area contributed by atoms with Crippen LogP contribution in [0.5, 0.6) is 11.5 Å². The van der Waals surface area contributed by atoms with Crippen LogP contribution in [0.1, 0.15) is 28.5 Å². The van der Waals surface area contributed by atoms with E-state index in [2.05, 4.69) is 5.92 Å². The van der Waals surface area contributed by atoms with Crippen LogP contribution in [-0.2, 0) is 19.8 Å². The first-order valence-electron chi connectivity index (χ1n) is 13.7. The maximum absolute atomic E-state index is 11.5. The van der Waals surface area contributed by atoms with Gasteiger partial charge in [-0.25, -0.2) is 0 Å². The molecule has 1 aliphatic heterocycles. The Bertz CT molecular complexity index is 1410. The van der Waals surface area contributed by atoms with Crippen LogP contribution in [0.4, 0.5) is 0 Å². The maximum atomic E-state index is 11.5. The zero-order valence-electron chi connectivity index (χ0n) is 23.5. The van der Waals surface area contributed by atoms with E-state index >= 15 is 0 Å². The van der Waals surface area contributed by atoms with Gasteiger partial charge in [0.25, 0.3) is 0 Å². The summed E-state index contributed by atoms with van der Waals surface area (Å²) in [5.41, 5.74) is 2.18. The molecule has 0 saturated carbocycles. The van der Waals surface area contributed by atoms with Crippen LogP contribution in [0.3, 0.4) is 0 Å². The van der Waals surface area contributed by atoms with E-state index in [1.54, 1.807) is 38.5 Å². The molecule has 216 valence electrons. The topological polar surface area (TPSA) is 86.6 Å². The highest BCUT2D eigenvalue weighted by Crippen LogP contribution is 2.42. The van der Waals surface area contributed by atoms with Gasteiger partial charge in [-0.15, -0.1) is 6.42 Å². The summed E-state index contributed by atoms with van der Waals surface area (Å²) in [7, 11) is 3.20. The molecule has 0 aliphatic carbocycles. The van der Waals surface area contributed by atoms with E-state index in [-0.39, 0.29) is 6.61 Å². The molecule has 7 nitrogen and oxygen atoms in total. The fourth-order valence-corrected chi connectivity index (χ4v) is 5.28. The van der Waals surface area contributed by atoms with E-state index in [1.807, 2.05) is 84.9 Å². The maximum Gasteiger partial charge on any atom is 0.185 e. The minimum Gasteiger partial charge on any atom is -0.497 e. The zero-order chi connectivity index (χ0) is 29.5. The second-order valence-electron chi connectivity index (χ2n) is 9.94. The number of methoxy groups -OCH3 is 2. The standard InChI is InChI=1S/C35H34O7/c1-4-30(36)32-33(42-34(41-32)24-15-19-28(38-2)20-16-24)31(37)23-40-35(25-11-7-5-8-12-25,26-13-9-6-10-14-26)27-17-21-29(39-3)22-18-27/h1,5-22,30-34,36-37H,23H2,2-3H3/t30-,31+,32-,33+,34-/m0/s1. The molecule has 42 heavy (non-hydrogen) atoms. The van der Waals surface area contributed by atoms with Crippen LogP contribution < -0.4 is 9.47 Å². The fourth-order valence-electron chi connectivity index (χ4n) is 5.28. The van der Waals surface area contributed by atoms with Crippen LogP contribution in [0, 0.1) is 12.3 Å². The van der Waals surface area contributed by atoms with Crippen LogP contribution in [0.15, 0.2) is 109 Å². The number of aliphatic hydroxyl groups excluding tert-OH is 2. The first-order chi connectivity index (χ1) is 20.5. The predicted octanol–water partition coefficient (Wildman–Crippen LogP) is 4.85. The average molecular weight is 567 g/mol. The SMILES string of the molecule is C#C[C@H](O)[C@@H]1O[C@H](c2ccc(OC)cc2)O[C@@H]1[C@H](O)COC(c1ccccc1)(c1ccccc1)c1ccc(OC)cc1. The van der Waals surface area contributed by atoms with Gasteiger partial charge in [-0.05, 0) is 41.0 Å². The Kier molecular flexibility index (Phi) is 9.23. The van der Waals surface area contributed by atoms with Crippen molar-refractivity contribution in [1.29, 1.82) is 0 Å². The molecule has 0 spiro atoms. The Balaban J connectivity index is 1.49. The van der Waals surface area contributed by atoms with Gasteiger partial charge >= 0.3 is 0 Å². The second kappa shape index (κ2) is 13.2. The summed E-state index contributed by atoms with van der Waals surface area (Å²) in [5, 5.41) is 22.2. The number of hydrogen-bond acceptors (Lipinski definition) is 7. The van der Waals surface area contributed by atoms with Crippen molar-refractivity contribution in [3.05, 3.63) is 131 Å². The molecule has 1 aliphatic rings. The van der Waals surface area contributed by atoms with Crippen molar-refractivity contribution in [3.63, 3.8) is 0 Å². The predicted molar refractivity (Wildman–Crippen MR) is 158 cm³/mol. The summed E-state index contributed by atoms with van der Waals surface area (Å²) in [5.74, 6) is 3.70. The van der Waals surface area contributed by atoms with Gasteiger partial charge in [-0.2, -0.15) is 0 Å². The van der Waals surface area contributed by atoms with E-state index in [9.17, 15) is 10.2 Å². The molecule has 7 heteroatoms. The van der Waals surface area contributed by atoms with E-state index in [0.717, 1.165) is 16.7 Å². The van der Waals surface area contributed by atoms with Crippen LogP contribution >= 0.6 is 0 Å². The Labute approximate surface area is 246 Å². The fraction of sp³-hybridized carbons (Fsp3) is 0.257. The Morgan fingerprint density at radius 3 is 1.69 bits per heavy atom. The quantitative estimate of drug-likeness (QED) is 0.198. The first-order valence-corrected chi connectivity index (χ1v) is 13.7. The van der Waals surface area contributed by atoms with Crippen molar-refractivity contribution < 1.29 is 33.9 Å². The number of hydrogen-bond donors (Lipinski definition) is 2. The molecule has 5 atom stereocenters. The lowest BCUT2D eigenvalue weighted by Gasteiger charge is -2.37. The van der Waals surface area contributed by atoms with Gasteiger partial charge in [0.15, 0.2) is 6.29 Å². The lowest BCUT2D eigenvalue weighted by molar-refractivity contribution is -0.110. The highest BCUT2D eigenvalue weighted by atomic mass is 16.7. The first kappa shape index (κ1) is 29.3. The molecule has 5 rings (SSSR count). The van der Waals surface area contributed by atoms with E-state index < -0.39 is 36.3 Å². The summed E-state index contributed by atoms with van der Waals surface area (Å²) < 4.78 is 29.6. The Morgan fingerprint density at radius 2 is 1.19 bits per heavy atom. The Hall–Kier alpha value is -4.16. The molecule has 1 fully saturated rings. The van der Waals surface area contributed by atoms with Crippen molar-refractivity contribution in [1.82, 2.24) is 0 Å². The van der Waals surface area contributed by atoms with Crippen molar-refractivity contribution in [3.8, 4) is 23.8 Å². The zero-order valence-corrected chi connectivity index (χ0v) is 23.5. The third kappa shape index (κ3) is 5.90. The number of rotatable bonds is 11. The molecule has 1 saturated heterocycles. The van der Waals surface area contributed by atoms with Crippen molar-refractivity contribution in [2.24, 2.45) is 0 Å². The highest BCUT2D eigenvalue weighted by Gasteiger charge is 2.46. The third-order valence-electron chi connectivity index (χ3n) is 7.46. The molecule has 4 aromatic rings.